The molecule has 4 aliphatic rings. The van der Waals surface area contributed by atoms with Gasteiger partial charge in [0.05, 0.1) is 6.04 Å². The van der Waals surface area contributed by atoms with Gasteiger partial charge in [0, 0.05) is 85.3 Å². The number of carbonyl (C=O) groups excluding carboxylic acids is 10. The molecule has 9 amide bonds. The first-order valence-corrected chi connectivity index (χ1v) is 33.8. The van der Waals surface area contributed by atoms with Gasteiger partial charge in [0.15, 0.2) is 5.78 Å². The lowest BCUT2D eigenvalue weighted by Gasteiger charge is -2.33. The van der Waals surface area contributed by atoms with Crippen molar-refractivity contribution in [2.24, 2.45) is 17.4 Å². The molecular weight excluding hydrogens is 1190 g/mol. The highest BCUT2D eigenvalue weighted by Crippen LogP contribution is 2.30. The minimum atomic E-state index is -1.33. The van der Waals surface area contributed by atoms with Gasteiger partial charge in [-0.1, -0.05) is 68.5 Å². The molecule has 3 aromatic carbocycles. The summed E-state index contributed by atoms with van der Waals surface area (Å²) in [4.78, 5) is 148. The molecule has 486 valence electrons. The number of aromatic hydroxyl groups is 1. The van der Waals surface area contributed by atoms with E-state index in [9.17, 15) is 52.6 Å². The summed E-state index contributed by atoms with van der Waals surface area (Å²) in [6.45, 7) is 2.13. The number of aromatic nitrogens is 1. The van der Waals surface area contributed by atoms with Gasteiger partial charge in [-0.2, -0.15) is 23.5 Å². The Morgan fingerprint density at radius 3 is 1.98 bits per heavy atom. The molecular formula is C65H86FN11O11S2. The molecule has 4 aromatic rings. The second-order valence-electron chi connectivity index (χ2n) is 24.1. The molecule has 22 nitrogen and oxygen atoms in total. The number of halogens is 1. The molecule has 1 aliphatic carbocycles. The van der Waals surface area contributed by atoms with E-state index in [1.807, 2.05) is 24.3 Å². The number of ketones is 1. The monoisotopic (exact) mass is 1280 g/mol. The van der Waals surface area contributed by atoms with Crippen molar-refractivity contribution < 1.29 is 57.4 Å². The summed E-state index contributed by atoms with van der Waals surface area (Å²) in [7, 11) is 0. The predicted octanol–water partition coefficient (Wildman–Crippen LogP) is 4.21. The van der Waals surface area contributed by atoms with Crippen molar-refractivity contribution >= 4 is 93.4 Å². The Labute approximate surface area is 532 Å². The Balaban J connectivity index is 1.06. The van der Waals surface area contributed by atoms with Crippen LogP contribution in [0.4, 0.5) is 4.39 Å². The average Bonchev–Trinajstić information content (AvgIpc) is 2.87. The van der Waals surface area contributed by atoms with E-state index in [0.29, 0.717) is 77.9 Å². The molecule has 2 bridgehead atoms. The number of nitrogens with zero attached hydrogens (tertiary/aromatic N) is 2. The van der Waals surface area contributed by atoms with Gasteiger partial charge >= 0.3 is 0 Å². The third-order valence-corrected chi connectivity index (χ3v) is 19.5. The SMILES string of the molecule is C[C@@H]1NC(=O)[C@@H]2CCCN2C(=O)[C@H](CC2CCCCC2)NC(=O)[C@H](Cc2c[nH]c3ccc(F)cc23)NC(=O)CCC(=O)[C@H](CCCCN)NC(=O)CCSCc2cccc(c2)CSC[C@@H](C(N)=O)NC(=O)[C@@H]2CCCN2C(=O)[C@H](Cc2ccc(O)cc2)NC1=O. The molecule has 0 spiro atoms. The smallest absolute Gasteiger partial charge is 0.246 e. The van der Waals surface area contributed by atoms with Crippen molar-refractivity contribution in [3.63, 3.8) is 0 Å². The second kappa shape index (κ2) is 33.5. The second-order valence-corrected chi connectivity index (χ2v) is 26.3. The van der Waals surface area contributed by atoms with Gasteiger partial charge in [-0.05, 0) is 123 Å². The number of hydrogen-bond donors (Lipinski definition) is 10. The Kier molecular flexibility index (Phi) is 25.5. The lowest BCUT2D eigenvalue weighted by molar-refractivity contribution is -0.143. The summed E-state index contributed by atoms with van der Waals surface area (Å²) in [6.07, 6.45) is 8.36. The number of phenolic OH excluding ortho intramolecular Hbond substituents is 1. The van der Waals surface area contributed by atoms with Gasteiger partial charge in [-0.3, -0.25) is 47.9 Å². The highest BCUT2D eigenvalue weighted by molar-refractivity contribution is 7.98. The molecule has 12 N–H and O–H groups in total. The number of benzene rings is 3. The molecule has 3 aliphatic heterocycles. The largest absolute Gasteiger partial charge is 0.508 e. The van der Waals surface area contributed by atoms with Gasteiger partial charge < -0.3 is 63.3 Å². The maximum Gasteiger partial charge on any atom is 0.246 e. The van der Waals surface area contributed by atoms with E-state index in [1.54, 1.807) is 24.4 Å². The highest BCUT2D eigenvalue weighted by atomic mass is 32.2. The number of primary amides is 1. The maximum atomic E-state index is 15.1. The van der Waals surface area contributed by atoms with Crippen molar-refractivity contribution in [2.75, 3.05) is 31.1 Å². The van der Waals surface area contributed by atoms with E-state index >= 15 is 4.79 Å². The molecule has 3 fully saturated rings. The van der Waals surface area contributed by atoms with Gasteiger partial charge in [0.25, 0.3) is 0 Å². The van der Waals surface area contributed by atoms with Crippen LogP contribution < -0.4 is 43.4 Å². The number of phenols is 1. The average molecular weight is 1280 g/mol. The number of nitrogens with two attached hydrogens (primary N) is 2. The number of aromatic amines is 1. The third kappa shape index (κ3) is 19.5. The Morgan fingerprint density at radius 1 is 0.644 bits per heavy atom. The number of amides is 9. The number of rotatable bonds is 11. The first-order valence-electron chi connectivity index (χ1n) is 31.5. The number of thioether (sulfide) groups is 2. The summed E-state index contributed by atoms with van der Waals surface area (Å²) >= 11 is 2.91. The number of hydrogen-bond acceptors (Lipinski definition) is 14. The molecule has 1 saturated carbocycles. The van der Waals surface area contributed by atoms with Gasteiger partial charge in [0.2, 0.25) is 53.2 Å². The zero-order valence-electron chi connectivity index (χ0n) is 51.1. The predicted molar refractivity (Wildman–Crippen MR) is 341 cm³/mol. The van der Waals surface area contributed by atoms with Crippen LogP contribution in [0.3, 0.4) is 0 Å². The molecule has 90 heavy (non-hydrogen) atoms. The lowest BCUT2D eigenvalue weighted by atomic mass is 9.84. The molecule has 25 heteroatoms. The van der Waals surface area contributed by atoms with Crippen LogP contribution in [-0.4, -0.2) is 158 Å². The van der Waals surface area contributed by atoms with Gasteiger partial charge in [-0.25, -0.2) is 4.39 Å². The molecule has 4 heterocycles. The summed E-state index contributed by atoms with van der Waals surface area (Å²) in [5.41, 5.74) is 15.2. The third-order valence-electron chi connectivity index (χ3n) is 17.3. The van der Waals surface area contributed by atoms with Crippen LogP contribution in [-0.2, 0) is 72.3 Å². The number of nitrogens with one attached hydrogen (secondary N) is 7. The molecule has 0 unspecified atom stereocenters. The van der Waals surface area contributed by atoms with Crippen LogP contribution in [0, 0.1) is 11.7 Å². The summed E-state index contributed by atoms with van der Waals surface area (Å²) in [5, 5.41) is 27.5. The van der Waals surface area contributed by atoms with Crippen LogP contribution in [0.1, 0.15) is 132 Å². The van der Waals surface area contributed by atoms with Crippen molar-refractivity contribution in [3.8, 4) is 5.75 Å². The van der Waals surface area contributed by atoms with Crippen LogP contribution in [0.15, 0.2) is 72.9 Å². The van der Waals surface area contributed by atoms with E-state index < -0.39 is 101 Å². The highest BCUT2D eigenvalue weighted by Gasteiger charge is 2.42. The molecule has 8 rings (SSSR count). The number of fused-ring (bicyclic) bond motifs is 5. The van der Waals surface area contributed by atoms with Crippen molar-refractivity contribution in [2.45, 2.75) is 182 Å². The number of H-pyrrole nitrogens is 1. The van der Waals surface area contributed by atoms with Crippen molar-refractivity contribution in [3.05, 3.63) is 101 Å². The van der Waals surface area contributed by atoms with Crippen molar-refractivity contribution in [1.82, 2.24) is 46.7 Å². The minimum Gasteiger partial charge on any atom is -0.508 e. The molecule has 2 saturated heterocycles. The van der Waals surface area contributed by atoms with E-state index in [1.165, 1.54) is 64.5 Å². The summed E-state index contributed by atoms with van der Waals surface area (Å²) in [6, 6.07) is 8.95. The number of Topliss-reactive ketones (excluding diaryl/α,β-unsaturated/α-hetero) is 1. The summed E-state index contributed by atoms with van der Waals surface area (Å²) < 4.78 is 14.8. The summed E-state index contributed by atoms with van der Waals surface area (Å²) in [5.74, 6) is -4.87. The van der Waals surface area contributed by atoms with Crippen molar-refractivity contribution in [1.29, 1.82) is 0 Å². The Hall–Kier alpha value is -7.51. The first-order chi connectivity index (χ1) is 43.3. The fraction of sp³-hybridized carbons (Fsp3) is 0.538. The van der Waals surface area contributed by atoms with Crippen LogP contribution in [0.2, 0.25) is 0 Å². The van der Waals surface area contributed by atoms with E-state index in [0.717, 1.165) is 43.2 Å². The normalized spacial score (nSPS) is 25.3. The first kappa shape index (κ1) is 68.4. The Bertz CT molecular complexity index is 3200. The quantitative estimate of drug-likeness (QED) is 0.0941. The van der Waals surface area contributed by atoms with Crippen LogP contribution >= 0.6 is 23.5 Å². The maximum absolute atomic E-state index is 15.1. The van der Waals surface area contributed by atoms with E-state index in [2.05, 4.69) is 36.9 Å². The zero-order chi connectivity index (χ0) is 64.3. The van der Waals surface area contributed by atoms with Gasteiger partial charge in [-0.15, -0.1) is 0 Å². The minimum absolute atomic E-state index is 0.0218. The fourth-order valence-corrected chi connectivity index (χ4v) is 14.3. The van der Waals surface area contributed by atoms with E-state index in [4.69, 9.17) is 11.5 Å². The van der Waals surface area contributed by atoms with Crippen LogP contribution in [0.5, 0.6) is 5.75 Å². The van der Waals surface area contributed by atoms with Gasteiger partial charge in [0.1, 0.15) is 53.9 Å². The fourth-order valence-electron chi connectivity index (χ4n) is 12.4. The Morgan fingerprint density at radius 2 is 1.29 bits per heavy atom. The number of unbranched alkanes of at least 4 members (excludes halogenated alkanes) is 1. The molecule has 8 atom stereocenters. The molecule has 0 radical (unpaired) electrons. The molecule has 1 aromatic heterocycles. The topological polar surface area (TPSA) is 337 Å². The van der Waals surface area contributed by atoms with E-state index in [-0.39, 0.29) is 93.6 Å². The lowest BCUT2D eigenvalue weighted by Crippen LogP contribution is -2.59. The van der Waals surface area contributed by atoms with Crippen LogP contribution in [0.25, 0.3) is 10.9 Å². The standard InChI is InChI=1S/C65H86FN11O11S2/c1-39-60(83)73-51(32-41-17-20-46(78)21-18-41)64(87)77-28-9-16-55(77)63(86)75-53(59(68)82)38-90-37-43-13-7-12-42(30-43)36-89-29-25-58(81)71-49(14-5-6-26-67)56(79)23-24-57(80)72-50(33-44-35-69-48-22-19-45(66)34-47(44)48)61(84)74-52(31-40-10-3-2-4-11-40)65(88)76-27-8-15-54(76)62(85)70-39/h7,12-13,17-22,30,34-35,39-40,49-55,69,78H,2-6,8-11,14-16,23-29,31-33,36-38,67H2,1H3,(H2,68,82)(H,70,85)(H,71,81)(H,72,80)(H,73,83)(H,74,84)(H,75,86)/t39-,49-,50-,51-,52-,53-,54-,55-/m0/s1. The zero-order valence-corrected chi connectivity index (χ0v) is 52.7. The number of carbonyl (C=O) groups is 10.